The Morgan fingerprint density at radius 1 is 1.24 bits per heavy atom. The maximum absolute atomic E-state index is 12.3. The number of nitrogens with two attached hydrogens (primary N) is 1. The highest BCUT2D eigenvalue weighted by Crippen LogP contribution is 2.39. The van der Waals surface area contributed by atoms with Crippen LogP contribution in [-0.2, 0) is 12.8 Å². The second kappa shape index (κ2) is 5.83. The number of primary amides is 1. The maximum atomic E-state index is 12.3. The summed E-state index contributed by atoms with van der Waals surface area (Å²) in [5.74, 6) is -0.721. The number of aryl methyl sites for hydroxylation is 1. The van der Waals surface area contributed by atoms with Crippen molar-refractivity contribution in [3.63, 3.8) is 0 Å². The van der Waals surface area contributed by atoms with Crippen LogP contribution in [0.2, 0.25) is 0 Å². The Kier molecular flexibility index (Phi) is 4.22. The number of nitrogens with one attached hydrogen (secondary N) is 1. The summed E-state index contributed by atoms with van der Waals surface area (Å²) in [5.41, 5.74) is 7.51. The summed E-state index contributed by atoms with van der Waals surface area (Å²) in [5, 5.41) is 3.39. The molecule has 0 unspecified atom stereocenters. The SMILES string of the molecule is NC(=O)c1c(NC(=O)c2cc(Br)sc2Br)sc2c1CCC2. The van der Waals surface area contributed by atoms with Gasteiger partial charge in [0.15, 0.2) is 0 Å². The van der Waals surface area contributed by atoms with E-state index in [-0.39, 0.29) is 5.91 Å². The van der Waals surface area contributed by atoms with E-state index in [1.165, 1.54) is 22.7 Å². The minimum atomic E-state index is -0.477. The van der Waals surface area contributed by atoms with Gasteiger partial charge in [0.05, 0.1) is 18.7 Å². The molecule has 0 saturated carbocycles. The van der Waals surface area contributed by atoms with Gasteiger partial charge < -0.3 is 11.1 Å². The van der Waals surface area contributed by atoms with Crippen LogP contribution in [0, 0.1) is 0 Å². The van der Waals surface area contributed by atoms with Crippen LogP contribution in [0.5, 0.6) is 0 Å². The van der Waals surface area contributed by atoms with E-state index in [2.05, 4.69) is 37.2 Å². The molecule has 1 aliphatic rings. The first kappa shape index (κ1) is 15.2. The summed E-state index contributed by atoms with van der Waals surface area (Å²) in [6.07, 6.45) is 2.84. The van der Waals surface area contributed by atoms with Crippen molar-refractivity contribution in [1.82, 2.24) is 0 Å². The Balaban J connectivity index is 1.94. The van der Waals surface area contributed by atoms with E-state index in [1.54, 1.807) is 6.07 Å². The van der Waals surface area contributed by atoms with Crippen molar-refractivity contribution >= 4 is 71.3 Å². The van der Waals surface area contributed by atoms with Crippen molar-refractivity contribution in [2.75, 3.05) is 5.32 Å². The normalized spacial score (nSPS) is 13.2. The molecule has 2 aromatic heterocycles. The van der Waals surface area contributed by atoms with Gasteiger partial charge in [-0.25, -0.2) is 0 Å². The van der Waals surface area contributed by atoms with Crippen LogP contribution in [0.4, 0.5) is 5.00 Å². The molecule has 2 aromatic rings. The van der Waals surface area contributed by atoms with Gasteiger partial charge in [-0.2, -0.15) is 0 Å². The molecule has 4 nitrogen and oxygen atoms in total. The highest BCUT2D eigenvalue weighted by atomic mass is 79.9. The third-order valence-electron chi connectivity index (χ3n) is 3.30. The fourth-order valence-corrected chi connectivity index (χ4v) is 6.50. The summed E-state index contributed by atoms with van der Waals surface area (Å²) in [6.45, 7) is 0. The van der Waals surface area contributed by atoms with E-state index in [0.717, 1.165) is 37.3 Å². The highest BCUT2D eigenvalue weighted by molar-refractivity contribution is 9.12. The number of hydrogen-bond acceptors (Lipinski definition) is 4. The first-order chi connectivity index (χ1) is 9.97. The molecule has 21 heavy (non-hydrogen) atoms. The lowest BCUT2D eigenvalue weighted by atomic mass is 10.1. The van der Waals surface area contributed by atoms with Gasteiger partial charge in [0.1, 0.15) is 5.00 Å². The summed E-state index contributed by atoms with van der Waals surface area (Å²) in [7, 11) is 0. The number of carbonyl (C=O) groups excluding carboxylic acids is 2. The summed E-state index contributed by atoms with van der Waals surface area (Å²) in [4.78, 5) is 25.2. The molecule has 0 bridgehead atoms. The Morgan fingerprint density at radius 2 is 2.00 bits per heavy atom. The summed E-state index contributed by atoms with van der Waals surface area (Å²) >= 11 is 9.59. The van der Waals surface area contributed by atoms with Crippen molar-refractivity contribution in [1.29, 1.82) is 0 Å². The van der Waals surface area contributed by atoms with E-state index in [9.17, 15) is 9.59 Å². The molecule has 0 aliphatic heterocycles. The van der Waals surface area contributed by atoms with Gasteiger partial charge in [-0.15, -0.1) is 22.7 Å². The maximum Gasteiger partial charge on any atom is 0.258 e. The van der Waals surface area contributed by atoms with Crippen LogP contribution in [0.3, 0.4) is 0 Å². The first-order valence-corrected chi connectivity index (χ1v) is 9.39. The Labute approximate surface area is 146 Å². The van der Waals surface area contributed by atoms with Crippen LogP contribution in [0.25, 0.3) is 0 Å². The van der Waals surface area contributed by atoms with Crippen molar-refractivity contribution in [3.05, 3.63) is 35.2 Å². The average Bonchev–Trinajstić information content (AvgIpc) is 3.02. The van der Waals surface area contributed by atoms with Gasteiger partial charge >= 0.3 is 0 Å². The predicted molar refractivity (Wildman–Crippen MR) is 92.5 cm³/mol. The van der Waals surface area contributed by atoms with Gasteiger partial charge in [-0.3, -0.25) is 9.59 Å². The van der Waals surface area contributed by atoms with Crippen LogP contribution >= 0.6 is 54.5 Å². The van der Waals surface area contributed by atoms with Crippen molar-refractivity contribution in [3.8, 4) is 0 Å². The molecule has 0 fully saturated rings. The molecule has 8 heteroatoms. The standard InChI is InChI=1S/C13H10Br2N2O2S2/c14-8-4-6(10(15)21-8)12(19)17-13-9(11(16)18)5-2-1-3-7(5)20-13/h4H,1-3H2,(H2,16,18)(H,17,19). The van der Waals surface area contributed by atoms with E-state index in [4.69, 9.17) is 5.73 Å². The van der Waals surface area contributed by atoms with Crippen LogP contribution in [0.1, 0.15) is 37.6 Å². The minimum absolute atomic E-state index is 0.244. The molecule has 0 spiro atoms. The Hall–Kier alpha value is -0.700. The second-order valence-electron chi connectivity index (χ2n) is 4.62. The summed E-state index contributed by atoms with van der Waals surface area (Å²) < 4.78 is 1.61. The smallest absolute Gasteiger partial charge is 0.258 e. The lowest BCUT2D eigenvalue weighted by molar-refractivity contribution is 0.100. The monoisotopic (exact) mass is 448 g/mol. The van der Waals surface area contributed by atoms with E-state index < -0.39 is 5.91 Å². The zero-order chi connectivity index (χ0) is 15.1. The number of amides is 2. The van der Waals surface area contributed by atoms with E-state index in [1.807, 2.05) is 0 Å². The van der Waals surface area contributed by atoms with Crippen molar-refractivity contribution in [2.45, 2.75) is 19.3 Å². The largest absolute Gasteiger partial charge is 0.365 e. The van der Waals surface area contributed by atoms with Gasteiger partial charge in [0.25, 0.3) is 11.8 Å². The van der Waals surface area contributed by atoms with Gasteiger partial charge in [0, 0.05) is 4.88 Å². The van der Waals surface area contributed by atoms with E-state index in [0.29, 0.717) is 16.1 Å². The summed E-state index contributed by atoms with van der Waals surface area (Å²) in [6, 6.07) is 1.75. The Morgan fingerprint density at radius 3 is 2.62 bits per heavy atom. The fourth-order valence-electron chi connectivity index (χ4n) is 2.42. The van der Waals surface area contributed by atoms with Gasteiger partial charge in [0.2, 0.25) is 0 Å². The third-order valence-corrected chi connectivity index (χ3v) is 6.84. The molecular weight excluding hydrogens is 440 g/mol. The number of fused-ring (bicyclic) bond motifs is 1. The number of anilines is 1. The molecule has 2 heterocycles. The number of thiophene rings is 2. The van der Waals surface area contributed by atoms with Crippen LogP contribution in [0.15, 0.2) is 13.6 Å². The van der Waals surface area contributed by atoms with Crippen molar-refractivity contribution < 1.29 is 9.59 Å². The molecule has 3 N–H and O–H groups in total. The van der Waals surface area contributed by atoms with Crippen LogP contribution in [-0.4, -0.2) is 11.8 Å². The topological polar surface area (TPSA) is 72.2 Å². The van der Waals surface area contributed by atoms with E-state index >= 15 is 0 Å². The zero-order valence-electron chi connectivity index (χ0n) is 10.7. The molecule has 0 atom stereocenters. The molecular formula is C13H10Br2N2O2S2. The van der Waals surface area contributed by atoms with Gasteiger partial charge in [-0.1, -0.05) is 0 Å². The molecule has 110 valence electrons. The predicted octanol–water partition coefficient (Wildman–Crippen LogP) is 4.17. The molecule has 2 amide bonds. The Bertz CT molecular complexity index is 752. The minimum Gasteiger partial charge on any atom is -0.365 e. The number of hydrogen-bond donors (Lipinski definition) is 2. The number of halogens is 2. The average molecular weight is 450 g/mol. The second-order valence-corrected chi connectivity index (χ2v) is 9.47. The molecule has 0 aromatic carbocycles. The molecule has 1 aliphatic carbocycles. The number of carbonyl (C=O) groups is 2. The first-order valence-electron chi connectivity index (χ1n) is 6.18. The molecule has 0 saturated heterocycles. The lowest BCUT2D eigenvalue weighted by Gasteiger charge is -2.05. The van der Waals surface area contributed by atoms with Gasteiger partial charge in [-0.05, 0) is 62.8 Å². The third kappa shape index (κ3) is 2.81. The van der Waals surface area contributed by atoms with Crippen molar-refractivity contribution in [2.24, 2.45) is 5.73 Å². The fraction of sp³-hybridized carbons (Fsp3) is 0.231. The molecule has 0 radical (unpaired) electrons. The zero-order valence-corrected chi connectivity index (χ0v) is 15.5. The lowest BCUT2D eigenvalue weighted by Crippen LogP contribution is -2.17. The quantitative estimate of drug-likeness (QED) is 0.737. The molecule has 3 rings (SSSR count). The number of rotatable bonds is 3. The highest BCUT2D eigenvalue weighted by Gasteiger charge is 2.26. The van der Waals surface area contributed by atoms with Crippen LogP contribution < -0.4 is 11.1 Å².